The minimum atomic E-state index is -0.594. The number of methoxy groups -OCH3 is 1. The summed E-state index contributed by atoms with van der Waals surface area (Å²) >= 11 is 1.41. The number of nitrogens with zero attached hydrogens (tertiary/aromatic N) is 2. The molecule has 2 heterocycles. The van der Waals surface area contributed by atoms with E-state index in [1.807, 2.05) is 0 Å². The van der Waals surface area contributed by atoms with Crippen molar-refractivity contribution < 1.29 is 14.3 Å². The van der Waals surface area contributed by atoms with E-state index in [1.165, 1.54) is 24.9 Å². The first-order chi connectivity index (χ1) is 12.0. The standard InChI is InChI=1S/C17H19N3O4S/c1-9-6-12(16(23)24-2)13-14(18-9)19-17(20-15(13)22)25-8-10-4-3-5-11(21)7-10/h6,10H,3-5,7-8H2,1-2H3,(H,18,19,20,22). The molecule has 0 aliphatic heterocycles. The first-order valence-corrected chi connectivity index (χ1v) is 9.11. The SMILES string of the molecule is COC(=O)c1cc(C)nc2nc(SCC3CCCC(=O)C3)[nH]c(=O)c12. The minimum absolute atomic E-state index is 0.134. The Bertz CT molecular complexity index is 893. The first kappa shape index (κ1) is 17.6. The van der Waals surface area contributed by atoms with Crippen LogP contribution in [-0.4, -0.2) is 39.6 Å². The van der Waals surface area contributed by atoms with Crippen molar-refractivity contribution in [1.29, 1.82) is 0 Å². The molecule has 0 amide bonds. The number of aromatic amines is 1. The number of nitrogens with one attached hydrogen (secondary N) is 1. The molecule has 2 aromatic rings. The zero-order valence-electron chi connectivity index (χ0n) is 14.1. The smallest absolute Gasteiger partial charge is 0.338 e. The average Bonchev–Trinajstić information content (AvgIpc) is 2.58. The molecular weight excluding hydrogens is 342 g/mol. The van der Waals surface area contributed by atoms with Crippen molar-refractivity contribution in [2.75, 3.05) is 12.9 Å². The Morgan fingerprint density at radius 3 is 2.92 bits per heavy atom. The van der Waals surface area contributed by atoms with Crippen LogP contribution in [0.1, 0.15) is 41.7 Å². The molecule has 0 spiro atoms. The molecule has 3 rings (SSSR count). The molecule has 0 radical (unpaired) electrons. The van der Waals surface area contributed by atoms with Gasteiger partial charge in [-0.25, -0.2) is 14.8 Å². The number of rotatable bonds is 4. The number of hydrogen-bond acceptors (Lipinski definition) is 7. The molecule has 1 aliphatic carbocycles. The second-order valence-corrected chi connectivity index (χ2v) is 7.19. The van der Waals surface area contributed by atoms with Gasteiger partial charge in [-0.3, -0.25) is 9.59 Å². The summed E-state index contributed by atoms with van der Waals surface area (Å²) in [4.78, 5) is 47.3. The highest BCUT2D eigenvalue weighted by Gasteiger charge is 2.21. The molecule has 0 aromatic carbocycles. The Balaban J connectivity index is 1.90. The lowest BCUT2D eigenvalue weighted by Gasteiger charge is -2.19. The molecule has 8 heteroatoms. The maximum absolute atomic E-state index is 12.4. The second-order valence-electron chi connectivity index (χ2n) is 6.18. The summed E-state index contributed by atoms with van der Waals surface area (Å²) in [5.41, 5.74) is 0.555. The molecule has 1 aliphatic rings. The van der Waals surface area contributed by atoms with Crippen LogP contribution in [0.5, 0.6) is 0 Å². The van der Waals surface area contributed by atoms with Crippen molar-refractivity contribution in [1.82, 2.24) is 15.0 Å². The number of aromatic nitrogens is 3. The van der Waals surface area contributed by atoms with Crippen molar-refractivity contribution in [2.24, 2.45) is 5.92 Å². The number of H-pyrrole nitrogens is 1. The van der Waals surface area contributed by atoms with Crippen LogP contribution in [0.15, 0.2) is 16.0 Å². The van der Waals surface area contributed by atoms with E-state index >= 15 is 0 Å². The topological polar surface area (TPSA) is 102 Å². The second kappa shape index (κ2) is 7.35. The Kier molecular flexibility index (Phi) is 5.17. The number of fused-ring (bicyclic) bond motifs is 1. The van der Waals surface area contributed by atoms with E-state index in [9.17, 15) is 14.4 Å². The van der Waals surface area contributed by atoms with Crippen LogP contribution in [0.2, 0.25) is 0 Å². The normalized spacial score (nSPS) is 17.7. The summed E-state index contributed by atoms with van der Waals surface area (Å²) in [6.45, 7) is 1.73. The van der Waals surface area contributed by atoms with Gasteiger partial charge in [0.25, 0.3) is 5.56 Å². The van der Waals surface area contributed by atoms with Gasteiger partial charge in [0.2, 0.25) is 0 Å². The number of carbonyl (C=O) groups is 2. The third-order valence-electron chi connectivity index (χ3n) is 4.23. The van der Waals surface area contributed by atoms with Gasteiger partial charge in [0.15, 0.2) is 10.8 Å². The quantitative estimate of drug-likeness (QED) is 0.506. The van der Waals surface area contributed by atoms with Crippen molar-refractivity contribution in [3.63, 3.8) is 0 Å². The lowest BCUT2D eigenvalue weighted by molar-refractivity contribution is -0.121. The van der Waals surface area contributed by atoms with Gasteiger partial charge >= 0.3 is 5.97 Å². The lowest BCUT2D eigenvalue weighted by atomic mass is 9.90. The molecule has 1 saturated carbocycles. The predicted octanol–water partition coefficient (Wildman–Crippen LogP) is 2.26. The van der Waals surface area contributed by atoms with Gasteiger partial charge in [0, 0.05) is 24.3 Å². The van der Waals surface area contributed by atoms with Gasteiger partial charge in [0.05, 0.1) is 18.1 Å². The number of carbonyl (C=O) groups excluding carboxylic acids is 2. The maximum atomic E-state index is 12.4. The predicted molar refractivity (Wildman–Crippen MR) is 93.9 cm³/mol. The molecule has 25 heavy (non-hydrogen) atoms. The zero-order chi connectivity index (χ0) is 18.0. The van der Waals surface area contributed by atoms with E-state index in [1.54, 1.807) is 6.92 Å². The number of thioether (sulfide) groups is 1. The van der Waals surface area contributed by atoms with E-state index in [2.05, 4.69) is 15.0 Å². The van der Waals surface area contributed by atoms with Gasteiger partial charge in [-0.05, 0) is 31.7 Å². The van der Waals surface area contributed by atoms with Crippen LogP contribution in [-0.2, 0) is 9.53 Å². The van der Waals surface area contributed by atoms with Crippen molar-refractivity contribution in [3.05, 3.63) is 27.7 Å². The van der Waals surface area contributed by atoms with E-state index in [-0.39, 0.29) is 16.6 Å². The summed E-state index contributed by atoms with van der Waals surface area (Å²) < 4.78 is 4.74. The minimum Gasteiger partial charge on any atom is -0.465 e. The van der Waals surface area contributed by atoms with Gasteiger partial charge < -0.3 is 9.72 Å². The Hall–Kier alpha value is -2.22. The van der Waals surface area contributed by atoms with E-state index in [0.29, 0.717) is 35.4 Å². The van der Waals surface area contributed by atoms with Crippen molar-refractivity contribution >= 4 is 34.5 Å². The monoisotopic (exact) mass is 361 g/mol. The molecule has 2 aromatic heterocycles. The summed E-state index contributed by atoms with van der Waals surface area (Å²) in [5, 5.41) is 0.582. The molecule has 1 fully saturated rings. The highest BCUT2D eigenvalue weighted by molar-refractivity contribution is 7.99. The van der Waals surface area contributed by atoms with Gasteiger partial charge in [-0.15, -0.1) is 0 Å². The van der Waals surface area contributed by atoms with Gasteiger partial charge in [0.1, 0.15) is 5.78 Å². The van der Waals surface area contributed by atoms with Crippen molar-refractivity contribution in [3.8, 4) is 0 Å². The van der Waals surface area contributed by atoms with E-state index in [0.717, 1.165) is 18.6 Å². The average molecular weight is 361 g/mol. The fraction of sp³-hybridized carbons (Fsp3) is 0.471. The van der Waals surface area contributed by atoms with Gasteiger partial charge in [-0.1, -0.05) is 11.8 Å². The summed E-state index contributed by atoms with van der Waals surface area (Å²) in [5.74, 6) is 0.736. The molecule has 1 unspecified atom stereocenters. The largest absolute Gasteiger partial charge is 0.465 e. The van der Waals surface area contributed by atoms with Crippen LogP contribution in [0, 0.1) is 12.8 Å². The number of esters is 1. The highest BCUT2D eigenvalue weighted by atomic mass is 32.2. The lowest BCUT2D eigenvalue weighted by Crippen LogP contribution is -2.18. The number of aryl methyl sites for hydroxylation is 1. The number of ether oxygens (including phenoxy) is 1. The number of hydrogen-bond donors (Lipinski definition) is 1. The van der Waals surface area contributed by atoms with E-state index < -0.39 is 11.5 Å². The fourth-order valence-corrected chi connectivity index (χ4v) is 4.03. The highest BCUT2D eigenvalue weighted by Crippen LogP contribution is 2.27. The Morgan fingerprint density at radius 2 is 2.20 bits per heavy atom. The third-order valence-corrected chi connectivity index (χ3v) is 5.33. The summed E-state index contributed by atoms with van der Waals surface area (Å²) in [6.07, 6.45) is 3.20. The van der Waals surface area contributed by atoms with Crippen LogP contribution < -0.4 is 5.56 Å². The number of pyridine rings is 1. The van der Waals surface area contributed by atoms with Crippen LogP contribution in [0.3, 0.4) is 0 Å². The van der Waals surface area contributed by atoms with Crippen LogP contribution >= 0.6 is 11.8 Å². The fourth-order valence-electron chi connectivity index (χ4n) is 3.04. The molecule has 7 nitrogen and oxygen atoms in total. The number of Topliss-reactive ketones (excluding diaryl/α,β-unsaturated/α-hetero) is 1. The molecular formula is C17H19N3O4S. The third kappa shape index (κ3) is 3.89. The Morgan fingerprint density at radius 1 is 1.40 bits per heavy atom. The molecule has 0 saturated heterocycles. The molecule has 0 bridgehead atoms. The van der Waals surface area contributed by atoms with Crippen LogP contribution in [0.25, 0.3) is 11.0 Å². The van der Waals surface area contributed by atoms with Crippen LogP contribution in [0.4, 0.5) is 0 Å². The molecule has 1 N–H and O–H groups in total. The first-order valence-electron chi connectivity index (χ1n) is 8.12. The number of ketones is 1. The molecule has 1 atom stereocenters. The van der Waals surface area contributed by atoms with Crippen molar-refractivity contribution in [2.45, 2.75) is 37.8 Å². The Labute approximate surface area is 148 Å². The maximum Gasteiger partial charge on any atom is 0.338 e. The molecule has 132 valence electrons. The summed E-state index contributed by atoms with van der Waals surface area (Å²) in [7, 11) is 1.27. The summed E-state index contributed by atoms with van der Waals surface area (Å²) in [6, 6.07) is 1.52. The van der Waals surface area contributed by atoms with Gasteiger partial charge in [-0.2, -0.15) is 0 Å². The van der Waals surface area contributed by atoms with E-state index in [4.69, 9.17) is 4.74 Å². The zero-order valence-corrected chi connectivity index (χ0v) is 14.9.